The fourth-order valence-corrected chi connectivity index (χ4v) is 3.04. The topological polar surface area (TPSA) is 69.2 Å². The molecule has 0 bridgehead atoms. The van der Waals surface area contributed by atoms with Crippen LogP contribution in [0.3, 0.4) is 0 Å². The average Bonchev–Trinajstić information content (AvgIpc) is 2.65. The molecule has 0 saturated heterocycles. The minimum atomic E-state index is -1.30. The Bertz CT molecular complexity index is 694. The fourth-order valence-electron chi connectivity index (χ4n) is 1.78. The molecule has 1 N–H and O–H groups in total. The molecule has 0 saturated carbocycles. The highest BCUT2D eigenvalue weighted by Crippen LogP contribution is 2.32. The van der Waals surface area contributed by atoms with Crippen LogP contribution in [-0.2, 0) is 0 Å². The molecule has 2 aromatic rings. The summed E-state index contributed by atoms with van der Waals surface area (Å²) in [5, 5.41) is 14.3. The number of hydrogen-bond acceptors (Lipinski definition) is 4. The second-order valence-electron chi connectivity index (χ2n) is 4.21. The average molecular weight is 309 g/mol. The lowest BCUT2D eigenvalue weighted by Gasteiger charge is -2.09. The zero-order valence-corrected chi connectivity index (χ0v) is 12.4. The summed E-state index contributed by atoms with van der Waals surface area (Å²) < 4.78 is 0. The molecule has 1 aromatic heterocycles. The summed E-state index contributed by atoms with van der Waals surface area (Å²) in [7, 11) is 0. The van der Waals surface area contributed by atoms with Gasteiger partial charge in [0, 0.05) is 10.4 Å². The van der Waals surface area contributed by atoms with Crippen LogP contribution in [0.5, 0.6) is 0 Å². The van der Waals surface area contributed by atoms with E-state index in [4.69, 9.17) is 11.6 Å². The maximum Gasteiger partial charge on any atom is 0.257 e. The predicted octanol–water partition coefficient (Wildman–Crippen LogP) is 2.63. The van der Waals surface area contributed by atoms with E-state index in [-0.39, 0.29) is 10.6 Å². The van der Waals surface area contributed by atoms with E-state index >= 15 is 0 Å². The first kappa shape index (κ1) is 14.6. The normalized spacial score (nSPS) is 10.3. The number of hydrogen-bond donors (Lipinski definition) is 1. The SMILES string of the molecule is Cc1sc(NC(=O)c2ccccc2Cl)c(C(=O)[O-])c1C. The second-order valence-corrected chi connectivity index (χ2v) is 5.84. The number of aromatic carboxylic acids is 1. The Morgan fingerprint density at radius 1 is 1.25 bits per heavy atom. The molecule has 0 unspecified atom stereocenters. The van der Waals surface area contributed by atoms with E-state index in [0.29, 0.717) is 16.1 Å². The van der Waals surface area contributed by atoms with Crippen LogP contribution in [0.25, 0.3) is 0 Å². The number of carboxylic acids is 1. The largest absolute Gasteiger partial charge is 0.545 e. The number of carbonyl (C=O) groups excluding carboxylic acids is 2. The Labute approximate surface area is 125 Å². The minimum absolute atomic E-state index is 0.0212. The molecule has 20 heavy (non-hydrogen) atoms. The van der Waals surface area contributed by atoms with Gasteiger partial charge in [-0.2, -0.15) is 0 Å². The second kappa shape index (κ2) is 5.64. The fraction of sp³-hybridized carbons (Fsp3) is 0.143. The lowest BCUT2D eigenvalue weighted by Crippen LogP contribution is -2.24. The number of nitrogens with one attached hydrogen (secondary N) is 1. The molecule has 0 atom stereocenters. The van der Waals surface area contributed by atoms with Gasteiger partial charge in [-0.1, -0.05) is 23.7 Å². The summed E-state index contributed by atoms with van der Waals surface area (Å²) in [6, 6.07) is 6.57. The number of aryl methyl sites for hydroxylation is 1. The van der Waals surface area contributed by atoms with Crippen molar-refractivity contribution >= 4 is 39.8 Å². The van der Waals surface area contributed by atoms with Gasteiger partial charge in [0.1, 0.15) is 5.00 Å². The first-order valence-electron chi connectivity index (χ1n) is 5.79. The molecule has 1 heterocycles. The minimum Gasteiger partial charge on any atom is -0.545 e. The predicted molar refractivity (Wildman–Crippen MR) is 77.5 cm³/mol. The number of anilines is 1. The van der Waals surface area contributed by atoms with Crippen molar-refractivity contribution in [2.24, 2.45) is 0 Å². The van der Waals surface area contributed by atoms with Crippen molar-refractivity contribution in [2.75, 3.05) is 5.32 Å². The van der Waals surface area contributed by atoms with Crippen LogP contribution in [0.1, 0.15) is 31.2 Å². The van der Waals surface area contributed by atoms with Gasteiger partial charge < -0.3 is 15.2 Å². The van der Waals surface area contributed by atoms with Gasteiger partial charge in [0.2, 0.25) is 0 Å². The molecule has 0 fully saturated rings. The van der Waals surface area contributed by atoms with Gasteiger partial charge in [0.05, 0.1) is 16.6 Å². The van der Waals surface area contributed by atoms with Gasteiger partial charge in [-0.25, -0.2) is 0 Å². The van der Waals surface area contributed by atoms with Gasteiger partial charge in [-0.3, -0.25) is 4.79 Å². The van der Waals surface area contributed by atoms with Gasteiger partial charge in [-0.05, 0) is 31.5 Å². The van der Waals surface area contributed by atoms with Crippen molar-refractivity contribution < 1.29 is 14.7 Å². The van der Waals surface area contributed by atoms with Crippen molar-refractivity contribution in [3.63, 3.8) is 0 Å². The molecular weight excluding hydrogens is 298 g/mol. The van der Waals surface area contributed by atoms with Crippen LogP contribution >= 0.6 is 22.9 Å². The van der Waals surface area contributed by atoms with Crippen molar-refractivity contribution in [1.29, 1.82) is 0 Å². The molecule has 0 aliphatic heterocycles. The number of halogens is 1. The van der Waals surface area contributed by atoms with Crippen LogP contribution in [0.2, 0.25) is 5.02 Å². The molecular formula is C14H11ClNO3S-. The molecule has 104 valence electrons. The highest BCUT2D eigenvalue weighted by Gasteiger charge is 2.17. The van der Waals surface area contributed by atoms with Crippen LogP contribution in [0, 0.1) is 13.8 Å². The Morgan fingerprint density at radius 3 is 2.50 bits per heavy atom. The molecule has 0 aliphatic carbocycles. The van der Waals surface area contributed by atoms with E-state index in [0.717, 1.165) is 4.88 Å². The zero-order chi connectivity index (χ0) is 14.9. The first-order chi connectivity index (χ1) is 9.41. The van der Waals surface area contributed by atoms with E-state index in [1.807, 2.05) is 0 Å². The Morgan fingerprint density at radius 2 is 1.90 bits per heavy atom. The molecule has 4 nitrogen and oxygen atoms in total. The van der Waals surface area contributed by atoms with E-state index < -0.39 is 11.9 Å². The monoisotopic (exact) mass is 308 g/mol. The molecule has 1 aromatic carbocycles. The van der Waals surface area contributed by atoms with E-state index in [1.54, 1.807) is 38.1 Å². The van der Waals surface area contributed by atoms with E-state index in [1.165, 1.54) is 11.3 Å². The van der Waals surface area contributed by atoms with Crippen LogP contribution in [0.4, 0.5) is 5.00 Å². The van der Waals surface area contributed by atoms with Crippen LogP contribution < -0.4 is 10.4 Å². The van der Waals surface area contributed by atoms with Gasteiger partial charge in [0.25, 0.3) is 5.91 Å². The van der Waals surface area contributed by atoms with E-state index in [9.17, 15) is 14.7 Å². The van der Waals surface area contributed by atoms with Gasteiger partial charge in [0.15, 0.2) is 0 Å². The summed E-state index contributed by atoms with van der Waals surface area (Å²) in [6.45, 7) is 3.47. The summed E-state index contributed by atoms with van der Waals surface area (Å²) in [4.78, 5) is 24.1. The quantitative estimate of drug-likeness (QED) is 0.947. The highest BCUT2D eigenvalue weighted by atomic mass is 35.5. The highest BCUT2D eigenvalue weighted by molar-refractivity contribution is 7.16. The Balaban J connectivity index is 2.36. The lowest BCUT2D eigenvalue weighted by molar-refractivity contribution is -0.254. The maximum absolute atomic E-state index is 12.1. The third-order valence-electron chi connectivity index (χ3n) is 2.93. The smallest absolute Gasteiger partial charge is 0.257 e. The lowest BCUT2D eigenvalue weighted by atomic mass is 10.1. The van der Waals surface area contributed by atoms with Crippen LogP contribution in [0.15, 0.2) is 24.3 Å². The molecule has 2 rings (SSSR count). The number of carboxylic acid groups (broad SMARTS) is 1. The standard InChI is InChI=1S/C14H12ClNO3S/c1-7-8(2)20-13(11(7)14(18)19)16-12(17)9-5-3-4-6-10(9)15/h3-6H,1-2H3,(H,16,17)(H,18,19)/p-1. The van der Waals surface area contributed by atoms with Crippen LogP contribution in [-0.4, -0.2) is 11.9 Å². The molecule has 0 radical (unpaired) electrons. The molecule has 6 heteroatoms. The molecule has 0 spiro atoms. The van der Waals surface area contributed by atoms with Gasteiger partial charge >= 0.3 is 0 Å². The summed E-state index contributed by atoms with van der Waals surface area (Å²) in [5.41, 5.74) is 0.916. The Hall–Kier alpha value is -1.85. The maximum atomic E-state index is 12.1. The third kappa shape index (κ3) is 2.69. The number of carbonyl (C=O) groups is 2. The summed E-state index contributed by atoms with van der Waals surface area (Å²) in [5.74, 6) is -1.75. The number of thiophene rings is 1. The summed E-state index contributed by atoms with van der Waals surface area (Å²) in [6.07, 6.45) is 0. The van der Waals surface area contributed by atoms with Gasteiger partial charge in [-0.15, -0.1) is 11.3 Å². The van der Waals surface area contributed by atoms with Crippen molar-refractivity contribution in [1.82, 2.24) is 0 Å². The van der Waals surface area contributed by atoms with Crippen molar-refractivity contribution in [3.8, 4) is 0 Å². The Kier molecular flexibility index (Phi) is 4.11. The van der Waals surface area contributed by atoms with Crippen molar-refractivity contribution in [3.05, 3.63) is 50.9 Å². The number of rotatable bonds is 3. The first-order valence-corrected chi connectivity index (χ1v) is 6.98. The molecule has 1 amide bonds. The number of benzene rings is 1. The van der Waals surface area contributed by atoms with E-state index in [2.05, 4.69) is 5.32 Å². The summed E-state index contributed by atoms with van der Waals surface area (Å²) >= 11 is 7.14. The zero-order valence-electron chi connectivity index (χ0n) is 10.8. The van der Waals surface area contributed by atoms with Crippen molar-refractivity contribution in [2.45, 2.75) is 13.8 Å². The third-order valence-corrected chi connectivity index (χ3v) is 4.39. The number of amides is 1. The molecule has 0 aliphatic rings.